The van der Waals surface area contributed by atoms with E-state index in [-0.39, 0.29) is 12.7 Å². The molecule has 0 bridgehead atoms. The highest BCUT2D eigenvalue weighted by Gasteiger charge is 2.25. The standard InChI is InChI=1S/C15H20N2O4S/c1-3-8-21-15(20)17-6-4-11(5-7-17)9-12-16-10(2)13(22-12)14(18)19/h3,11H,1,4-9H2,2H3,(H,18,19). The molecule has 1 fully saturated rings. The zero-order chi connectivity index (χ0) is 16.1. The third kappa shape index (κ3) is 4.07. The van der Waals surface area contributed by atoms with Crippen molar-refractivity contribution in [3.8, 4) is 0 Å². The van der Waals surface area contributed by atoms with Crippen LogP contribution in [0.2, 0.25) is 0 Å². The second kappa shape index (κ2) is 7.40. The van der Waals surface area contributed by atoms with Crippen molar-refractivity contribution >= 4 is 23.4 Å². The predicted octanol–water partition coefficient (Wildman–Crippen LogP) is 2.73. The molecule has 1 aromatic heterocycles. The first-order chi connectivity index (χ1) is 10.5. The lowest BCUT2D eigenvalue weighted by molar-refractivity contribution is 0.0701. The summed E-state index contributed by atoms with van der Waals surface area (Å²) in [5.74, 6) is -0.489. The Balaban J connectivity index is 1.85. The Kier molecular flexibility index (Phi) is 5.54. The molecular formula is C15H20N2O4S. The van der Waals surface area contributed by atoms with Gasteiger partial charge in [-0.05, 0) is 25.7 Å². The molecule has 2 rings (SSSR count). The second-order valence-corrected chi connectivity index (χ2v) is 6.41. The highest BCUT2D eigenvalue weighted by atomic mass is 32.1. The van der Waals surface area contributed by atoms with E-state index in [0.717, 1.165) is 24.3 Å². The number of carboxylic acid groups (broad SMARTS) is 1. The molecule has 120 valence electrons. The molecule has 1 aromatic rings. The summed E-state index contributed by atoms with van der Waals surface area (Å²) in [7, 11) is 0. The second-order valence-electron chi connectivity index (χ2n) is 5.33. The molecule has 0 unspecified atom stereocenters. The van der Waals surface area contributed by atoms with Gasteiger partial charge in [0, 0.05) is 19.5 Å². The van der Waals surface area contributed by atoms with E-state index in [0.29, 0.717) is 29.6 Å². The number of aromatic carboxylic acids is 1. The van der Waals surface area contributed by atoms with Crippen LogP contribution in [0.1, 0.15) is 33.2 Å². The lowest BCUT2D eigenvalue weighted by atomic mass is 9.94. The van der Waals surface area contributed by atoms with Crippen molar-refractivity contribution in [3.63, 3.8) is 0 Å². The molecule has 0 radical (unpaired) electrons. The van der Waals surface area contributed by atoms with Gasteiger partial charge in [0.15, 0.2) is 0 Å². The average Bonchev–Trinajstić information content (AvgIpc) is 2.86. The Labute approximate surface area is 133 Å². The van der Waals surface area contributed by atoms with E-state index in [9.17, 15) is 9.59 Å². The number of carbonyl (C=O) groups excluding carboxylic acids is 1. The topological polar surface area (TPSA) is 79.7 Å². The number of aromatic nitrogens is 1. The van der Waals surface area contributed by atoms with E-state index in [2.05, 4.69) is 11.6 Å². The zero-order valence-corrected chi connectivity index (χ0v) is 13.4. The number of thiazole rings is 1. The number of ether oxygens (including phenoxy) is 1. The first kappa shape index (κ1) is 16.5. The molecule has 1 aliphatic rings. The third-order valence-electron chi connectivity index (χ3n) is 3.70. The van der Waals surface area contributed by atoms with Crippen LogP contribution in [0.25, 0.3) is 0 Å². The van der Waals surface area contributed by atoms with Crippen molar-refractivity contribution in [3.05, 3.63) is 28.2 Å². The molecule has 0 atom stereocenters. The van der Waals surface area contributed by atoms with Crippen molar-refractivity contribution in [2.24, 2.45) is 5.92 Å². The summed E-state index contributed by atoms with van der Waals surface area (Å²) < 4.78 is 5.02. The van der Waals surface area contributed by atoms with Crippen LogP contribution < -0.4 is 0 Å². The summed E-state index contributed by atoms with van der Waals surface area (Å²) in [5, 5.41) is 9.92. The average molecular weight is 324 g/mol. The molecule has 22 heavy (non-hydrogen) atoms. The molecule has 0 aliphatic carbocycles. The first-order valence-electron chi connectivity index (χ1n) is 7.23. The SMILES string of the molecule is C=CCOC(=O)N1CCC(Cc2nc(C)c(C(=O)O)s2)CC1. The number of aryl methyl sites for hydroxylation is 1. The molecule has 2 heterocycles. The van der Waals surface area contributed by atoms with Gasteiger partial charge in [-0.1, -0.05) is 12.7 Å². The van der Waals surface area contributed by atoms with Gasteiger partial charge in [-0.2, -0.15) is 0 Å². The number of carboxylic acids is 1. The minimum atomic E-state index is -0.916. The van der Waals surface area contributed by atoms with E-state index < -0.39 is 5.97 Å². The highest BCUT2D eigenvalue weighted by Crippen LogP contribution is 2.26. The molecular weight excluding hydrogens is 304 g/mol. The molecule has 0 aromatic carbocycles. The van der Waals surface area contributed by atoms with E-state index >= 15 is 0 Å². The maximum absolute atomic E-state index is 11.7. The van der Waals surface area contributed by atoms with Gasteiger partial charge in [-0.3, -0.25) is 0 Å². The van der Waals surface area contributed by atoms with E-state index in [1.165, 1.54) is 11.3 Å². The van der Waals surface area contributed by atoms with Gasteiger partial charge >= 0.3 is 12.1 Å². The Bertz CT molecular complexity index is 562. The van der Waals surface area contributed by atoms with Gasteiger partial charge in [0.1, 0.15) is 11.5 Å². The van der Waals surface area contributed by atoms with Gasteiger partial charge in [-0.15, -0.1) is 11.3 Å². The zero-order valence-electron chi connectivity index (χ0n) is 12.6. The van der Waals surface area contributed by atoms with Crippen molar-refractivity contribution in [2.45, 2.75) is 26.2 Å². The summed E-state index contributed by atoms with van der Waals surface area (Å²) >= 11 is 1.25. The Morgan fingerprint density at radius 2 is 2.18 bits per heavy atom. The van der Waals surface area contributed by atoms with E-state index in [1.54, 1.807) is 17.9 Å². The Morgan fingerprint density at radius 3 is 2.73 bits per heavy atom. The van der Waals surface area contributed by atoms with Crippen LogP contribution in [0.4, 0.5) is 4.79 Å². The van der Waals surface area contributed by atoms with Crippen LogP contribution in [-0.4, -0.2) is 46.7 Å². The highest BCUT2D eigenvalue weighted by molar-refractivity contribution is 7.13. The van der Waals surface area contributed by atoms with Crippen LogP contribution in [-0.2, 0) is 11.2 Å². The lowest BCUT2D eigenvalue weighted by Gasteiger charge is -2.30. The summed E-state index contributed by atoms with van der Waals surface area (Å²) in [6.45, 7) is 6.80. The number of carbonyl (C=O) groups is 2. The maximum atomic E-state index is 11.7. The van der Waals surface area contributed by atoms with Crippen LogP contribution in [0.3, 0.4) is 0 Å². The molecule has 0 saturated carbocycles. The van der Waals surface area contributed by atoms with Crippen LogP contribution in [0.15, 0.2) is 12.7 Å². The fraction of sp³-hybridized carbons (Fsp3) is 0.533. The lowest BCUT2D eigenvalue weighted by Crippen LogP contribution is -2.39. The number of nitrogens with zero attached hydrogens (tertiary/aromatic N) is 2. The summed E-state index contributed by atoms with van der Waals surface area (Å²) in [6.07, 6.45) is 3.79. The van der Waals surface area contributed by atoms with Crippen molar-refractivity contribution < 1.29 is 19.4 Å². The first-order valence-corrected chi connectivity index (χ1v) is 8.05. The number of likely N-dealkylation sites (tertiary alicyclic amines) is 1. The number of hydrogen-bond donors (Lipinski definition) is 1. The maximum Gasteiger partial charge on any atom is 0.410 e. The summed E-state index contributed by atoms with van der Waals surface area (Å²) in [5.41, 5.74) is 0.581. The summed E-state index contributed by atoms with van der Waals surface area (Å²) in [6, 6.07) is 0. The quantitative estimate of drug-likeness (QED) is 0.842. The fourth-order valence-electron chi connectivity index (χ4n) is 2.53. The van der Waals surface area contributed by atoms with Gasteiger partial charge in [0.25, 0.3) is 0 Å². The molecule has 1 amide bonds. The van der Waals surface area contributed by atoms with E-state index in [4.69, 9.17) is 9.84 Å². The number of amides is 1. The molecule has 1 aliphatic heterocycles. The number of hydrogen-bond acceptors (Lipinski definition) is 5. The Hall–Kier alpha value is -1.89. The third-order valence-corrected chi connectivity index (χ3v) is 4.86. The van der Waals surface area contributed by atoms with Crippen LogP contribution in [0.5, 0.6) is 0 Å². The molecule has 1 saturated heterocycles. The monoisotopic (exact) mass is 324 g/mol. The minimum absolute atomic E-state index is 0.231. The van der Waals surface area contributed by atoms with Gasteiger partial charge < -0.3 is 14.7 Å². The number of rotatable bonds is 5. The molecule has 0 spiro atoms. The van der Waals surface area contributed by atoms with E-state index in [1.807, 2.05) is 0 Å². The Morgan fingerprint density at radius 1 is 1.50 bits per heavy atom. The fourth-order valence-corrected chi connectivity index (χ4v) is 3.54. The summed E-state index contributed by atoms with van der Waals surface area (Å²) in [4.78, 5) is 29.1. The van der Waals surface area contributed by atoms with Crippen molar-refractivity contribution in [1.82, 2.24) is 9.88 Å². The molecule has 7 heteroatoms. The van der Waals surface area contributed by atoms with Gasteiger partial charge in [0.2, 0.25) is 0 Å². The normalized spacial score (nSPS) is 15.6. The van der Waals surface area contributed by atoms with Crippen LogP contribution in [0, 0.1) is 12.8 Å². The van der Waals surface area contributed by atoms with Gasteiger partial charge in [0.05, 0.1) is 10.7 Å². The molecule has 1 N–H and O–H groups in total. The molecule has 6 nitrogen and oxygen atoms in total. The van der Waals surface area contributed by atoms with Gasteiger partial charge in [-0.25, -0.2) is 14.6 Å². The predicted molar refractivity (Wildman–Crippen MR) is 83.4 cm³/mol. The minimum Gasteiger partial charge on any atom is -0.477 e. The smallest absolute Gasteiger partial charge is 0.410 e. The largest absolute Gasteiger partial charge is 0.477 e. The van der Waals surface area contributed by atoms with Crippen molar-refractivity contribution in [1.29, 1.82) is 0 Å². The van der Waals surface area contributed by atoms with Crippen LogP contribution >= 0.6 is 11.3 Å². The van der Waals surface area contributed by atoms with Crippen molar-refractivity contribution in [2.75, 3.05) is 19.7 Å². The number of piperidine rings is 1.